The van der Waals surface area contributed by atoms with E-state index in [9.17, 15) is 36.3 Å². The number of imide groups is 1. The predicted octanol–water partition coefficient (Wildman–Crippen LogP) is 2.85. The van der Waals surface area contributed by atoms with Crippen molar-refractivity contribution in [2.24, 2.45) is 7.05 Å². The van der Waals surface area contributed by atoms with Gasteiger partial charge in [-0.1, -0.05) is 12.1 Å². The van der Waals surface area contributed by atoms with Crippen LogP contribution in [0.5, 0.6) is 0 Å². The summed E-state index contributed by atoms with van der Waals surface area (Å²) in [7, 11) is 1.51. The minimum atomic E-state index is -4.65. The van der Waals surface area contributed by atoms with E-state index in [1.807, 2.05) is 0 Å². The first-order chi connectivity index (χ1) is 16.4. The summed E-state index contributed by atoms with van der Waals surface area (Å²) in [6.07, 6.45) is -3.28. The number of urea groups is 1. The van der Waals surface area contributed by atoms with Crippen molar-refractivity contribution in [3.05, 3.63) is 77.1 Å². The van der Waals surface area contributed by atoms with Crippen LogP contribution in [-0.2, 0) is 23.6 Å². The number of carbonyl (C=O) groups is 3. The first kappa shape index (κ1) is 23.9. The normalized spacial score (nSPS) is 17.8. The Morgan fingerprint density at radius 3 is 2.31 bits per heavy atom. The molecule has 1 fully saturated rings. The first-order valence-corrected chi connectivity index (χ1v) is 10.00. The summed E-state index contributed by atoms with van der Waals surface area (Å²) >= 11 is 0. The zero-order valence-corrected chi connectivity index (χ0v) is 17.8. The standard InChI is InChI=1S/C22H16F5N5O3/c1-32-15(8-9-29-32)21(19(34)30-20(35)31-21)10-28-18(33)13-6-7-14(23)17(24)16(13)11-2-4-12(5-3-11)22(25,26)27/h2-9H,10H2,1H3,(H,28,33)(H2,30,31,34,35). The number of rotatable bonds is 5. The molecule has 1 atom stereocenters. The Kier molecular flexibility index (Phi) is 5.79. The molecular formula is C22H16F5N5O3. The van der Waals surface area contributed by atoms with Gasteiger partial charge in [0.2, 0.25) is 0 Å². The smallest absolute Gasteiger partial charge is 0.349 e. The van der Waals surface area contributed by atoms with E-state index in [1.54, 1.807) is 0 Å². The molecule has 4 amide bonds. The quantitative estimate of drug-likeness (QED) is 0.376. The van der Waals surface area contributed by atoms with Crippen molar-refractivity contribution in [3.8, 4) is 11.1 Å². The highest BCUT2D eigenvalue weighted by molar-refractivity contribution is 6.08. The molecule has 1 aliphatic heterocycles. The van der Waals surface area contributed by atoms with E-state index in [1.165, 1.54) is 24.0 Å². The van der Waals surface area contributed by atoms with Crippen LogP contribution in [0.4, 0.5) is 26.7 Å². The molecule has 3 aromatic rings. The lowest BCUT2D eigenvalue weighted by molar-refractivity contribution is -0.137. The SMILES string of the molecule is Cn1nccc1C1(CNC(=O)c2ccc(F)c(F)c2-c2ccc(C(F)(F)F)cc2)NC(=O)NC1=O. The van der Waals surface area contributed by atoms with E-state index < -0.39 is 64.4 Å². The fourth-order valence-corrected chi connectivity index (χ4v) is 3.84. The summed E-state index contributed by atoms with van der Waals surface area (Å²) < 4.78 is 68.7. The molecular weight excluding hydrogens is 477 g/mol. The van der Waals surface area contributed by atoms with Crippen molar-refractivity contribution in [3.63, 3.8) is 0 Å². The summed E-state index contributed by atoms with van der Waals surface area (Å²) in [5.41, 5.74) is -3.65. The van der Waals surface area contributed by atoms with Crippen molar-refractivity contribution in [1.82, 2.24) is 25.7 Å². The van der Waals surface area contributed by atoms with Gasteiger partial charge < -0.3 is 10.6 Å². The minimum Gasteiger partial charge on any atom is -0.349 e. The number of halogens is 5. The van der Waals surface area contributed by atoms with Gasteiger partial charge in [0, 0.05) is 18.8 Å². The van der Waals surface area contributed by atoms with E-state index in [4.69, 9.17) is 0 Å². The monoisotopic (exact) mass is 493 g/mol. The predicted molar refractivity (Wildman–Crippen MR) is 111 cm³/mol. The molecule has 1 aromatic heterocycles. The number of aromatic nitrogens is 2. The van der Waals surface area contributed by atoms with E-state index in [0.29, 0.717) is 18.2 Å². The molecule has 0 saturated carbocycles. The van der Waals surface area contributed by atoms with Gasteiger partial charge in [-0.3, -0.25) is 19.6 Å². The van der Waals surface area contributed by atoms with Gasteiger partial charge in [0.05, 0.1) is 23.4 Å². The Hall–Kier alpha value is -4.29. The molecule has 8 nitrogen and oxygen atoms in total. The van der Waals surface area contributed by atoms with E-state index >= 15 is 0 Å². The molecule has 1 saturated heterocycles. The summed E-state index contributed by atoms with van der Waals surface area (Å²) in [5, 5.41) is 10.9. The van der Waals surface area contributed by atoms with Crippen LogP contribution in [0.15, 0.2) is 48.7 Å². The lowest BCUT2D eigenvalue weighted by Crippen LogP contribution is -2.53. The zero-order chi connectivity index (χ0) is 25.5. The van der Waals surface area contributed by atoms with Crippen LogP contribution in [0, 0.1) is 11.6 Å². The fraction of sp³-hybridized carbons (Fsp3) is 0.182. The summed E-state index contributed by atoms with van der Waals surface area (Å²) in [6, 6.07) is 5.47. The molecule has 182 valence electrons. The number of aryl methyl sites for hydroxylation is 1. The molecule has 0 radical (unpaired) electrons. The first-order valence-electron chi connectivity index (χ1n) is 10.00. The molecule has 2 aromatic carbocycles. The van der Waals surface area contributed by atoms with Crippen LogP contribution in [0.3, 0.4) is 0 Å². The molecule has 0 bridgehead atoms. The third-order valence-electron chi connectivity index (χ3n) is 5.55. The van der Waals surface area contributed by atoms with Crippen LogP contribution in [0.1, 0.15) is 21.6 Å². The van der Waals surface area contributed by atoms with E-state index in [2.05, 4.69) is 21.0 Å². The maximum Gasteiger partial charge on any atom is 0.416 e. The number of alkyl halides is 3. The van der Waals surface area contributed by atoms with Gasteiger partial charge in [-0.15, -0.1) is 0 Å². The Bertz CT molecular complexity index is 1340. The summed E-state index contributed by atoms with van der Waals surface area (Å²) in [4.78, 5) is 37.5. The van der Waals surface area contributed by atoms with Crippen molar-refractivity contribution >= 4 is 17.8 Å². The molecule has 3 N–H and O–H groups in total. The van der Waals surface area contributed by atoms with Crippen molar-refractivity contribution in [2.45, 2.75) is 11.7 Å². The maximum atomic E-state index is 14.7. The van der Waals surface area contributed by atoms with Crippen molar-refractivity contribution < 1.29 is 36.3 Å². The third kappa shape index (κ3) is 4.20. The molecule has 0 spiro atoms. The van der Waals surface area contributed by atoms with Crippen molar-refractivity contribution in [2.75, 3.05) is 6.54 Å². The highest BCUT2D eigenvalue weighted by Gasteiger charge is 2.50. The van der Waals surface area contributed by atoms with Crippen LogP contribution in [0.2, 0.25) is 0 Å². The van der Waals surface area contributed by atoms with Gasteiger partial charge in [0.15, 0.2) is 17.2 Å². The van der Waals surface area contributed by atoms with Crippen LogP contribution in [0.25, 0.3) is 11.1 Å². The van der Waals surface area contributed by atoms with Crippen LogP contribution >= 0.6 is 0 Å². The van der Waals surface area contributed by atoms with Crippen molar-refractivity contribution in [1.29, 1.82) is 0 Å². The number of nitrogens with one attached hydrogen (secondary N) is 3. The topological polar surface area (TPSA) is 105 Å². The summed E-state index contributed by atoms with van der Waals surface area (Å²) in [6.45, 7) is -0.492. The lowest BCUT2D eigenvalue weighted by Gasteiger charge is -2.26. The molecule has 4 rings (SSSR count). The zero-order valence-electron chi connectivity index (χ0n) is 17.8. The number of hydrogen-bond acceptors (Lipinski definition) is 4. The second kappa shape index (κ2) is 8.49. The Morgan fingerprint density at radius 2 is 1.77 bits per heavy atom. The largest absolute Gasteiger partial charge is 0.416 e. The third-order valence-corrected chi connectivity index (χ3v) is 5.55. The second-order valence-corrected chi connectivity index (χ2v) is 7.70. The number of benzene rings is 2. The van der Waals surface area contributed by atoms with Gasteiger partial charge in [-0.25, -0.2) is 13.6 Å². The second-order valence-electron chi connectivity index (χ2n) is 7.70. The Morgan fingerprint density at radius 1 is 1.09 bits per heavy atom. The van der Waals surface area contributed by atoms with Gasteiger partial charge in [0.25, 0.3) is 11.8 Å². The molecule has 13 heteroatoms. The fourth-order valence-electron chi connectivity index (χ4n) is 3.84. The van der Waals surface area contributed by atoms with Gasteiger partial charge >= 0.3 is 12.2 Å². The number of nitrogens with zero attached hydrogens (tertiary/aromatic N) is 2. The summed E-state index contributed by atoms with van der Waals surface area (Å²) in [5.74, 6) is -4.50. The van der Waals surface area contributed by atoms with Gasteiger partial charge in [-0.05, 0) is 35.9 Å². The number of amides is 4. The average Bonchev–Trinajstić information content (AvgIpc) is 3.35. The highest BCUT2D eigenvalue weighted by atomic mass is 19.4. The molecule has 35 heavy (non-hydrogen) atoms. The maximum absolute atomic E-state index is 14.7. The number of hydrogen-bond donors (Lipinski definition) is 3. The van der Waals surface area contributed by atoms with Crippen LogP contribution < -0.4 is 16.0 Å². The Labute approximate surface area is 194 Å². The molecule has 0 aliphatic carbocycles. The molecule has 1 aliphatic rings. The van der Waals surface area contributed by atoms with E-state index in [-0.39, 0.29) is 11.3 Å². The van der Waals surface area contributed by atoms with Gasteiger partial charge in [0.1, 0.15) is 0 Å². The highest BCUT2D eigenvalue weighted by Crippen LogP contribution is 2.34. The van der Waals surface area contributed by atoms with Crippen LogP contribution in [-0.4, -0.2) is 34.2 Å². The number of carbonyl (C=O) groups excluding carboxylic acids is 3. The molecule has 1 unspecified atom stereocenters. The van der Waals surface area contributed by atoms with Gasteiger partial charge in [-0.2, -0.15) is 18.3 Å². The lowest BCUT2D eigenvalue weighted by atomic mass is 9.94. The molecule has 2 heterocycles. The minimum absolute atomic E-state index is 0.173. The average molecular weight is 493 g/mol. The Balaban J connectivity index is 1.69. The van der Waals surface area contributed by atoms with E-state index in [0.717, 1.165) is 18.2 Å².